The predicted octanol–water partition coefficient (Wildman–Crippen LogP) is 2.85. The van der Waals surface area contributed by atoms with Gasteiger partial charge in [0.1, 0.15) is 5.69 Å². The number of rotatable bonds is 10. The molecule has 2 unspecified atom stereocenters. The Kier molecular flexibility index (Phi) is 15.7. The number of pyridine rings is 1. The van der Waals surface area contributed by atoms with E-state index >= 15 is 0 Å². The first-order chi connectivity index (χ1) is 21.5. The van der Waals surface area contributed by atoms with E-state index in [1.165, 1.54) is 44.9 Å². The predicted molar refractivity (Wildman–Crippen MR) is 174 cm³/mol. The van der Waals surface area contributed by atoms with Crippen LogP contribution in [0.3, 0.4) is 0 Å². The van der Waals surface area contributed by atoms with Gasteiger partial charge in [0.15, 0.2) is 0 Å². The highest BCUT2D eigenvalue weighted by atomic mass is 16.5. The smallest absolute Gasteiger partial charge is 0.465 e. The summed E-state index contributed by atoms with van der Waals surface area (Å²) in [5, 5.41) is 25.5. The molecule has 1 aliphatic rings. The monoisotopic (exact) mass is 620 g/mol. The molecule has 3 amide bonds. The van der Waals surface area contributed by atoms with Crippen LogP contribution in [0.15, 0.2) is 54.6 Å². The average molecular weight is 621 g/mol. The molecule has 1 heterocycles. The summed E-state index contributed by atoms with van der Waals surface area (Å²) in [6.07, 6.45) is 6.65. The van der Waals surface area contributed by atoms with E-state index in [2.05, 4.69) is 33.0 Å². The molecule has 1 aliphatic carbocycles. The van der Waals surface area contributed by atoms with Gasteiger partial charge in [-0.2, -0.15) is 0 Å². The molecule has 0 bridgehead atoms. The van der Waals surface area contributed by atoms with Gasteiger partial charge in [-0.1, -0.05) is 63.4 Å². The fraction of sp³-hybridized carbons (Fsp3) is 0.424. The molecule has 1 saturated carbocycles. The number of primary amides is 1. The van der Waals surface area contributed by atoms with E-state index in [0.29, 0.717) is 29.5 Å². The number of aromatic nitrogens is 1. The Hall–Kier alpha value is -4.29. The second-order valence-corrected chi connectivity index (χ2v) is 11.2. The molecule has 12 heteroatoms. The van der Waals surface area contributed by atoms with Crippen molar-refractivity contribution in [2.45, 2.75) is 71.9 Å². The van der Waals surface area contributed by atoms with Crippen molar-refractivity contribution in [2.24, 2.45) is 17.6 Å². The minimum absolute atomic E-state index is 0.0600. The molecule has 2 aromatic carbocycles. The molecular formula is C33H45BN4O7. The molecule has 0 aliphatic heterocycles. The van der Waals surface area contributed by atoms with Gasteiger partial charge in [0.25, 0.3) is 5.91 Å². The molecule has 4 rings (SSSR count). The molecule has 0 saturated heterocycles. The second-order valence-electron chi connectivity index (χ2n) is 11.2. The third-order valence-electron chi connectivity index (χ3n) is 7.75. The first kappa shape index (κ1) is 36.9. The van der Waals surface area contributed by atoms with Crippen LogP contribution in [0, 0.1) is 11.8 Å². The SMILES string of the molecule is CC(NC(=O)c1ccc2ccccc2n1)C1CCCC1.CCC(C)CC(=O)NCc1cc(B(O)O)cc(C(=O)OC)c1.NC=O. The van der Waals surface area contributed by atoms with Crippen molar-refractivity contribution < 1.29 is 34.0 Å². The summed E-state index contributed by atoms with van der Waals surface area (Å²) in [4.78, 5) is 48.7. The van der Waals surface area contributed by atoms with E-state index in [1.807, 2.05) is 44.2 Å². The molecule has 45 heavy (non-hydrogen) atoms. The quantitative estimate of drug-likeness (QED) is 0.130. The number of ether oxygens (including phenoxy) is 1. The number of amides is 3. The lowest BCUT2D eigenvalue weighted by atomic mass is 9.78. The van der Waals surface area contributed by atoms with Gasteiger partial charge in [0.05, 0.1) is 18.2 Å². The molecular weight excluding hydrogens is 575 g/mol. The number of para-hydroxylation sites is 1. The number of methoxy groups -OCH3 is 1. The molecule has 1 fully saturated rings. The molecule has 1 aromatic heterocycles. The van der Waals surface area contributed by atoms with Crippen molar-refractivity contribution in [3.8, 4) is 0 Å². The van der Waals surface area contributed by atoms with E-state index in [4.69, 9.17) is 4.79 Å². The van der Waals surface area contributed by atoms with Gasteiger partial charge in [-0.25, -0.2) is 9.78 Å². The number of benzene rings is 2. The number of carbonyl (C=O) groups is 4. The molecule has 0 radical (unpaired) electrons. The number of nitrogens with two attached hydrogens (primary N) is 1. The fourth-order valence-electron chi connectivity index (χ4n) is 4.99. The Morgan fingerprint density at radius 3 is 2.38 bits per heavy atom. The van der Waals surface area contributed by atoms with E-state index in [1.54, 1.807) is 12.1 Å². The lowest BCUT2D eigenvalue weighted by molar-refractivity contribution is -0.122. The maximum Gasteiger partial charge on any atom is 0.488 e. The normalized spacial score (nSPS) is 13.6. The topological polar surface area (TPSA) is 181 Å². The molecule has 11 nitrogen and oxygen atoms in total. The maximum absolute atomic E-state index is 12.3. The Bertz CT molecular complexity index is 1410. The van der Waals surface area contributed by atoms with Crippen molar-refractivity contribution in [3.05, 3.63) is 71.4 Å². The Morgan fingerprint density at radius 1 is 1.09 bits per heavy atom. The van der Waals surface area contributed by atoms with Gasteiger partial charge in [-0.3, -0.25) is 14.4 Å². The number of nitrogens with zero attached hydrogens (tertiary/aromatic N) is 1. The van der Waals surface area contributed by atoms with Crippen molar-refractivity contribution >= 4 is 47.7 Å². The van der Waals surface area contributed by atoms with Gasteiger partial charge >= 0.3 is 13.1 Å². The van der Waals surface area contributed by atoms with Gasteiger partial charge < -0.3 is 31.2 Å². The molecule has 0 spiro atoms. The third kappa shape index (κ3) is 12.3. The van der Waals surface area contributed by atoms with Crippen LogP contribution in [0.4, 0.5) is 0 Å². The lowest BCUT2D eigenvalue weighted by Gasteiger charge is -2.20. The largest absolute Gasteiger partial charge is 0.488 e. The lowest BCUT2D eigenvalue weighted by Crippen LogP contribution is -2.37. The van der Waals surface area contributed by atoms with Crippen LogP contribution >= 0.6 is 0 Å². The zero-order chi connectivity index (χ0) is 33.4. The number of hydrogen-bond donors (Lipinski definition) is 5. The summed E-state index contributed by atoms with van der Waals surface area (Å²) in [6, 6.07) is 16.3. The Morgan fingerprint density at radius 2 is 1.76 bits per heavy atom. The summed E-state index contributed by atoms with van der Waals surface area (Å²) in [7, 11) is -0.447. The van der Waals surface area contributed by atoms with Crippen molar-refractivity contribution in [2.75, 3.05) is 7.11 Å². The highest BCUT2D eigenvalue weighted by Gasteiger charge is 2.23. The summed E-state index contributed by atoms with van der Waals surface area (Å²) < 4.78 is 4.63. The zero-order valence-corrected chi connectivity index (χ0v) is 26.5. The standard InChI is InChI=1S/C17H20N2O.C15H22BNO5.CH3NO/c1-12(13-6-2-3-7-13)18-17(20)16-11-10-14-8-4-5-9-15(14)19-16;1-4-10(2)5-14(18)17-9-11-6-12(15(19)22-3)8-13(7-11)16(20)21;2-1-3/h4-5,8-13H,2-3,6-7H2,1H3,(H,18,20);6-8,10,20-21H,4-5,9H2,1-3H3,(H,17,18);1H,(H2,2,3). The number of nitrogens with one attached hydrogen (secondary N) is 2. The Balaban J connectivity index is 0.000000289. The summed E-state index contributed by atoms with van der Waals surface area (Å²) in [5.74, 6) is 0.212. The van der Waals surface area contributed by atoms with Crippen molar-refractivity contribution in [1.82, 2.24) is 15.6 Å². The van der Waals surface area contributed by atoms with Crippen molar-refractivity contribution in [1.29, 1.82) is 0 Å². The van der Waals surface area contributed by atoms with Crippen LogP contribution in [-0.4, -0.2) is 59.5 Å². The van der Waals surface area contributed by atoms with E-state index in [0.717, 1.165) is 17.3 Å². The van der Waals surface area contributed by atoms with Gasteiger partial charge in [-0.15, -0.1) is 0 Å². The highest BCUT2D eigenvalue weighted by Crippen LogP contribution is 2.27. The maximum atomic E-state index is 12.3. The third-order valence-corrected chi connectivity index (χ3v) is 7.75. The first-order valence-electron chi connectivity index (χ1n) is 15.2. The van der Waals surface area contributed by atoms with Gasteiger partial charge in [0.2, 0.25) is 12.3 Å². The number of esters is 1. The van der Waals surface area contributed by atoms with Crippen LogP contribution in [0.25, 0.3) is 10.9 Å². The minimum atomic E-state index is -1.70. The van der Waals surface area contributed by atoms with E-state index < -0.39 is 13.1 Å². The van der Waals surface area contributed by atoms with Crippen LogP contribution in [0.1, 0.15) is 85.7 Å². The highest BCUT2D eigenvalue weighted by molar-refractivity contribution is 6.58. The van der Waals surface area contributed by atoms with Gasteiger partial charge in [0, 0.05) is 24.4 Å². The van der Waals surface area contributed by atoms with Crippen LogP contribution in [0.2, 0.25) is 0 Å². The summed E-state index contributed by atoms with van der Waals surface area (Å²) in [6.45, 7) is 6.33. The van der Waals surface area contributed by atoms with Crippen LogP contribution in [-0.2, 0) is 20.9 Å². The van der Waals surface area contributed by atoms with Gasteiger partial charge in [-0.05, 0) is 66.9 Å². The summed E-state index contributed by atoms with van der Waals surface area (Å²) >= 11 is 0. The van der Waals surface area contributed by atoms with E-state index in [9.17, 15) is 24.4 Å². The zero-order valence-electron chi connectivity index (χ0n) is 26.5. The van der Waals surface area contributed by atoms with Crippen molar-refractivity contribution in [3.63, 3.8) is 0 Å². The fourth-order valence-corrected chi connectivity index (χ4v) is 4.99. The number of carbonyl (C=O) groups excluding carboxylic acids is 4. The number of hydrogen-bond acceptors (Lipinski definition) is 8. The molecule has 242 valence electrons. The number of fused-ring (bicyclic) bond motifs is 1. The first-order valence-corrected chi connectivity index (χ1v) is 15.2. The molecule has 3 aromatic rings. The van der Waals surface area contributed by atoms with Crippen LogP contribution < -0.4 is 21.8 Å². The molecule has 2 atom stereocenters. The molecule has 6 N–H and O–H groups in total. The minimum Gasteiger partial charge on any atom is -0.465 e. The van der Waals surface area contributed by atoms with E-state index in [-0.39, 0.29) is 41.8 Å². The Labute approximate surface area is 265 Å². The summed E-state index contributed by atoms with van der Waals surface area (Å²) in [5.41, 5.74) is 6.53. The average Bonchev–Trinajstić information content (AvgIpc) is 3.59. The van der Waals surface area contributed by atoms with Crippen LogP contribution in [0.5, 0.6) is 0 Å². The second kappa shape index (κ2) is 19.2.